The summed E-state index contributed by atoms with van der Waals surface area (Å²) in [5, 5.41) is 0. The van der Waals surface area contributed by atoms with Gasteiger partial charge in [0.15, 0.2) is 7.38 Å². The van der Waals surface area contributed by atoms with Gasteiger partial charge in [-0.2, -0.15) is 11.1 Å². The van der Waals surface area contributed by atoms with Gasteiger partial charge in [0.1, 0.15) is 0 Å². The summed E-state index contributed by atoms with van der Waals surface area (Å²) >= 11 is 6.82. The third-order valence-corrected chi connectivity index (χ3v) is 9.68. The number of hydrogen-bond donors (Lipinski definition) is 0. The topological polar surface area (TPSA) is 26.3 Å². The molecule has 0 aliphatic heterocycles. The Balaban J connectivity index is 1.72. The van der Waals surface area contributed by atoms with Gasteiger partial charge in [-0.3, -0.25) is 0 Å². The van der Waals surface area contributed by atoms with Crippen LogP contribution in [0, 0.1) is 23.2 Å². The van der Waals surface area contributed by atoms with Crippen molar-refractivity contribution >= 4 is 24.4 Å². The highest BCUT2D eigenvalue weighted by Gasteiger charge is 2.60. The van der Waals surface area contributed by atoms with E-state index in [1.54, 1.807) is 0 Å². The zero-order chi connectivity index (χ0) is 16.8. The zero-order valence-corrected chi connectivity index (χ0v) is 16.3. The summed E-state index contributed by atoms with van der Waals surface area (Å²) in [5.41, 5.74) is 1.55. The van der Waals surface area contributed by atoms with Gasteiger partial charge in [0.05, 0.1) is 12.2 Å². The average molecular weight is 351 g/mol. The molecule has 0 radical (unpaired) electrons. The van der Waals surface area contributed by atoms with Crippen molar-refractivity contribution in [2.75, 3.05) is 6.61 Å². The van der Waals surface area contributed by atoms with Gasteiger partial charge in [-0.1, -0.05) is 45.1 Å². The first-order valence-electron chi connectivity index (χ1n) is 8.62. The van der Waals surface area contributed by atoms with E-state index < -0.39 is 7.38 Å². The van der Waals surface area contributed by atoms with E-state index in [-0.39, 0.29) is 5.97 Å². The Bertz CT molecular complexity index is 579. The summed E-state index contributed by atoms with van der Waals surface area (Å²) in [6, 6.07) is 9.27. The van der Waals surface area contributed by atoms with Crippen LogP contribution < -0.4 is 0 Å². The molecule has 3 fully saturated rings. The standard InChI is InChI=1S/C19H27ClO2Si/c1-19(2)14-10-16(19)15(17(11-14)23(3,4)20)12-22-18(21)13-8-6-5-7-9-13/h5-9,14-17H,10-12H2,1-4H3. The minimum absolute atomic E-state index is 0.211. The monoisotopic (exact) mass is 350 g/mol. The molecule has 0 amide bonds. The predicted octanol–water partition coefficient (Wildman–Crippen LogP) is 5.34. The van der Waals surface area contributed by atoms with Gasteiger partial charge in [0.2, 0.25) is 0 Å². The summed E-state index contributed by atoms with van der Waals surface area (Å²) in [4.78, 5) is 12.3. The molecule has 0 aromatic heterocycles. The molecule has 0 heterocycles. The molecule has 2 nitrogen and oxygen atoms in total. The maximum atomic E-state index is 12.3. The zero-order valence-electron chi connectivity index (χ0n) is 14.5. The average Bonchev–Trinajstić information content (AvgIpc) is 2.51. The van der Waals surface area contributed by atoms with Crippen LogP contribution in [0.25, 0.3) is 0 Å². The highest BCUT2D eigenvalue weighted by atomic mass is 35.6. The number of fused-ring (bicyclic) bond motifs is 2. The summed E-state index contributed by atoms with van der Waals surface area (Å²) in [7, 11) is -1.76. The molecule has 4 rings (SSSR count). The van der Waals surface area contributed by atoms with Crippen molar-refractivity contribution in [3.05, 3.63) is 35.9 Å². The highest BCUT2D eigenvalue weighted by molar-refractivity contribution is 7.19. The number of hydrogen-bond acceptors (Lipinski definition) is 2. The van der Waals surface area contributed by atoms with Crippen LogP contribution in [-0.4, -0.2) is 20.0 Å². The van der Waals surface area contributed by atoms with Gasteiger partial charge in [0.25, 0.3) is 0 Å². The van der Waals surface area contributed by atoms with E-state index in [1.807, 2.05) is 30.3 Å². The van der Waals surface area contributed by atoms with Crippen molar-refractivity contribution in [3.8, 4) is 0 Å². The third-order valence-electron chi connectivity index (χ3n) is 6.42. The van der Waals surface area contributed by atoms with Crippen molar-refractivity contribution in [2.45, 2.75) is 45.3 Å². The first-order chi connectivity index (χ1) is 10.7. The molecule has 1 aromatic carbocycles. The van der Waals surface area contributed by atoms with E-state index >= 15 is 0 Å². The summed E-state index contributed by atoms with van der Waals surface area (Å²) in [6.45, 7) is 9.74. The molecular formula is C19H27ClO2Si. The number of halogens is 1. The van der Waals surface area contributed by atoms with E-state index in [4.69, 9.17) is 15.8 Å². The Labute approximate surface area is 145 Å². The van der Waals surface area contributed by atoms with Crippen molar-refractivity contribution < 1.29 is 9.53 Å². The largest absolute Gasteiger partial charge is 0.462 e. The van der Waals surface area contributed by atoms with Crippen LogP contribution in [0.1, 0.15) is 37.0 Å². The fourth-order valence-electron chi connectivity index (χ4n) is 4.80. The lowest BCUT2D eigenvalue weighted by molar-refractivity contribution is -0.118. The van der Waals surface area contributed by atoms with Crippen molar-refractivity contribution in [1.29, 1.82) is 0 Å². The molecule has 126 valence electrons. The molecule has 3 aliphatic rings. The fourth-order valence-corrected chi connectivity index (χ4v) is 7.74. The predicted molar refractivity (Wildman–Crippen MR) is 97.3 cm³/mol. The normalized spacial score (nSPS) is 32.0. The molecule has 3 saturated carbocycles. The second-order valence-electron chi connectivity index (χ2n) is 8.40. The second-order valence-corrected chi connectivity index (χ2v) is 15.2. The van der Waals surface area contributed by atoms with E-state index in [2.05, 4.69) is 26.9 Å². The Morgan fingerprint density at radius 2 is 1.91 bits per heavy atom. The maximum absolute atomic E-state index is 12.3. The van der Waals surface area contributed by atoms with Crippen molar-refractivity contribution in [2.24, 2.45) is 23.2 Å². The molecule has 0 saturated heterocycles. The Hall–Kier alpha value is -0.803. The molecule has 2 bridgehead atoms. The molecule has 4 unspecified atom stereocenters. The molecular weight excluding hydrogens is 324 g/mol. The van der Waals surface area contributed by atoms with Gasteiger partial charge in [-0.05, 0) is 53.7 Å². The molecule has 23 heavy (non-hydrogen) atoms. The number of carbonyl (C=O) groups excluding carboxylic acids is 1. The minimum atomic E-state index is -1.76. The van der Waals surface area contributed by atoms with E-state index in [0.29, 0.717) is 35.0 Å². The lowest BCUT2D eigenvalue weighted by Crippen LogP contribution is -2.58. The SMILES string of the molecule is CC1(C)C2CC1C(COC(=O)c1ccccc1)C([Si](C)(C)Cl)C2. The minimum Gasteiger partial charge on any atom is -0.462 e. The lowest BCUT2D eigenvalue weighted by atomic mass is 9.45. The number of carbonyl (C=O) groups is 1. The van der Waals surface area contributed by atoms with Crippen LogP contribution in [-0.2, 0) is 4.74 Å². The Kier molecular flexibility index (Phi) is 4.39. The molecule has 3 aliphatic carbocycles. The molecule has 0 spiro atoms. The van der Waals surface area contributed by atoms with E-state index in [9.17, 15) is 4.79 Å². The smallest absolute Gasteiger partial charge is 0.338 e. The quantitative estimate of drug-likeness (QED) is 0.416. The van der Waals surface area contributed by atoms with Crippen LogP contribution in [0.2, 0.25) is 18.6 Å². The van der Waals surface area contributed by atoms with Gasteiger partial charge in [0, 0.05) is 0 Å². The van der Waals surface area contributed by atoms with Gasteiger partial charge >= 0.3 is 5.97 Å². The lowest BCUT2D eigenvalue weighted by Gasteiger charge is -2.63. The van der Waals surface area contributed by atoms with Gasteiger partial charge < -0.3 is 4.74 Å². The first-order valence-corrected chi connectivity index (χ1v) is 12.7. The third kappa shape index (κ3) is 3.10. The number of esters is 1. The number of ether oxygens (including phenoxy) is 1. The molecule has 4 heteroatoms. The number of rotatable bonds is 4. The van der Waals surface area contributed by atoms with Crippen LogP contribution in [0.15, 0.2) is 30.3 Å². The Morgan fingerprint density at radius 1 is 1.26 bits per heavy atom. The second kappa shape index (κ2) is 5.93. The van der Waals surface area contributed by atoms with Crippen LogP contribution in [0.5, 0.6) is 0 Å². The molecule has 1 aromatic rings. The molecule has 4 atom stereocenters. The van der Waals surface area contributed by atoms with Crippen LogP contribution in [0.4, 0.5) is 0 Å². The fraction of sp³-hybridized carbons (Fsp3) is 0.632. The van der Waals surface area contributed by atoms with E-state index in [0.717, 1.165) is 5.92 Å². The van der Waals surface area contributed by atoms with E-state index in [1.165, 1.54) is 12.8 Å². The Morgan fingerprint density at radius 3 is 2.48 bits per heavy atom. The summed E-state index contributed by atoms with van der Waals surface area (Å²) in [5.74, 6) is 1.64. The van der Waals surface area contributed by atoms with Crippen LogP contribution >= 0.6 is 11.1 Å². The first kappa shape index (κ1) is 17.0. The summed E-state index contributed by atoms with van der Waals surface area (Å²) in [6.07, 6.45) is 2.48. The molecule has 0 N–H and O–H groups in total. The summed E-state index contributed by atoms with van der Waals surface area (Å²) < 4.78 is 5.71. The van der Waals surface area contributed by atoms with Gasteiger partial charge in [-0.15, -0.1) is 0 Å². The van der Waals surface area contributed by atoms with Crippen LogP contribution in [0.3, 0.4) is 0 Å². The van der Waals surface area contributed by atoms with Crippen molar-refractivity contribution in [1.82, 2.24) is 0 Å². The maximum Gasteiger partial charge on any atom is 0.338 e. The highest BCUT2D eigenvalue weighted by Crippen LogP contribution is 2.66. The van der Waals surface area contributed by atoms with Crippen molar-refractivity contribution in [3.63, 3.8) is 0 Å². The van der Waals surface area contributed by atoms with Gasteiger partial charge in [-0.25, -0.2) is 4.79 Å². The number of benzene rings is 1.